The molecule has 4 heterocycles. The van der Waals surface area contributed by atoms with Gasteiger partial charge < -0.3 is 5.11 Å². The number of halogens is 1. The molecule has 0 spiro atoms. The molecule has 108 valence electrons. The molecule has 0 bridgehead atoms. The fourth-order valence-electron chi connectivity index (χ4n) is 2.33. The normalized spacial score (nSPS) is 12.8. The summed E-state index contributed by atoms with van der Waals surface area (Å²) in [5, 5.41) is 15.1. The maximum Gasteiger partial charge on any atom is 0.154 e. The summed E-state index contributed by atoms with van der Waals surface area (Å²) in [6, 6.07) is 10.6. The third-order valence-electron chi connectivity index (χ3n) is 3.39. The fourth-order valence-corrected chi connectivity index (χ4v) is 2.47. The Morgan fingerprint density at radius 1 is 1.05 bits per heavy atom. The van der Waals surface area contributed by atoms with Crippen LogP contribution in [0, 0.1) is 0 Å². The van der Waals surface area contributed by atoms with Gasteiger partial charge in [-0.25, -0.2) is 14.5 Å². The lowest BCUT2D eigenvalue weighted by atomic mass is 10.1. The van der Waals surface area contributed by atoms with E-state index in [4.69, 9.17) is 11.6 Å². The topological polar surface area (TPSA) is 76.2 Å². The van der Waals surface area contributed by atoms with Crippen molar-refractivity contribution in [1.82, 2.24) is 24.6 Å². The van der Waals surface area contributed by atoms with Crippen LogP contribution in [0.15, 0.2) is 48.8 Å². The lowest BCUT2D eigenvalue weighted by Gasteiger charge is -2.10. The van der Waals surface area contributed by atoms with Gasteiger partial charge in [0.15, 0.2) is 5.65 Å². The van der Waals surface area contributed by atoms with Gasteiger partial charge in [0.25, 0.3) is 0 Å². The third-order valence-corrected chi connectivity index (χ3v) is 3.60. The molecule has 4 rings (SSSR count). The van der Waals surface area contributed by atoms with Crippen LogP contribution in [-0.2, 0) is 0 Å². The van der Waals surface area contributed by atoms with Gasteiger partial charge in [-0.3, -0.25) is 4.98 Å². The Kier molecular flexibility index (Phi) is 2.99. The van der Waals surface area contributed by atoms with Gasteiger partial charge >= 0.3 is 0 Å². The minimum atomic E-state index is -0.953. The Morgan fingerprint density at radius 3 is 2.86 bits per heavy atom. The number of aromatic nitrogens is 5. The summed E-state index contributed by atoms with van der Waals surface area (Å²) in [6.07, 6.45) is 2.32. The van der Waals surface area contributed by atoms with Crippen LogP contribution in [0.3, 0.4) is 0 Å². The van der Waals surface area contributed by atoms with Crippen molar-refractivity contribution in [2.75, 3.05) is 0 Å². The van der Waals surface area contributed by atoms with Crippen LogP contribution in [0.5, 0.6) is 0 Å². The molecule has 22 heavy (non-hydrogen) atoms. The zero-order valence-corrected chi connectivity index (χ0v) is 12.0. The summed E-state index contributed by atoms with van der Waals surface area (Å²) in [6.45, 7) is 0. The van der Waals surface area contributed by atoms with E-state index in [9.17, 15) is 5.11 Å². The lowest BCUT2D eigenvalue weighted by molar-refractivity contribution is 0.208. The Bertz CT molecular complexity index is 984. The van der Waals surface area contributed by atoms with E-state index in [1.54, 1.807) is 36.7 Å². The molecule has 0 fully saturated rings. The van der Waals surface area contributed by atoms with E-state index < -0.39 is 6.10 Å². The number of nitrogens with zero attached hydrogens (tertiary/aromatic N) is 5. The van der Waals surface area contributed by atoms with Crippen molar-refractivity contribution in [3.63, 3.8) is 0 Å². The number of pyridine rings is 2. The van der Waals surface area contributed by atoms with Crippen LogP contribution < -0.4 is 0 Å². The number of imidazole rings is 1. The second-order valence-electron chi connectivity index (χ2n) is 4.79. The molecule has 1 N–H and O–H groups in total. The molecule has 0 aliphatic carbocycles. The highest BCUT2D eigenvalue weighted by Crippen LogP contribution is 2.23. The highest BCUT2D eigenvalue weighted by molar-refractivity contribution is 6.29. The predicted octanol–water partition coefficient (Wildman–Crippen LogP) is 2.41. The zero-order chi connectivity index (χ0) is 15.1. The van der Waals surface area contributed by atoms with Crippen LogP contribution >= 0.6 is 11.6 Å². The van der Waals surface area contributed by atoms with Crippen LogP contribution in [0.25, 0.3) is 16.7 Å². The molecule has 0 amide bonds. The average Bonchev–Trinajstić information content (AvgIpc) is 2.96. The van der Waals surface area contributed by atoms with E-state index in [1.165, 1.54) is 4.52 Å². The smallest absolute Gasteiger partial charge is 0.154 e. The maximum absolute atomic E-state index is 10.6. The van der Waals surface area contributed by atoms with Crippen molar-refractivity contribution in [3.8, 4) is 0 Å². The van der Waals surface area contributed by atoms with Crippen molar-refractivity contribution in [2.45, 2.75) is 6.10 Å². The molecule has 0 aromatic carbocycles. The predicted molar refractivity (Wildman–Crippen MR) is 81.6 cm³/mol. The fraction of sp³-hybridized carbons (Fsp3) is 0.0667. The number of aliphatic hydroxyl groups is 1. The summed E-state index contributed by atoms with van der Waals surface area (Å²) in [5.41, 5.74) is 3.12. The number of fused-ring (bicyclic) bond motifs is 2. The van der Waals surface area contributed by atoms with E-state index in [0.29, 0.717) is 22.2 Å². The van der Waals surface area contributed by atoms with Crippen molar-refractivity contribution in [3.05, 3.63) is 65.3 Å². The first-order valence-electron chi connectivity index (χ1n) is 6.62. The van der Waals surface area contributed by atoms with Gasteiger partial charge in [-0.2, -0.15) is 5.10 Å². The van der Waals surface area contributed by atoms with E-state index in [0.717, 1.165) is 11.0 Å². The van der Waals surface area contributed by atoms with E-state index in [2.05, 4.69) is 20.1 Å². The van der Waals surface area contributed by atoms with E-state index in [-0.39, 0.29) is 0 Å². The van der Waals surface area contributed by atoms with Gasteiger partial charge in [0.1, 0.15) is 11.3 Å². The zero-order valence-electron chi connectivity index (χ0n) is 11.3. The number of hydrogen-bond acceptors (Lipinski definition) is 5. The van der Waals surface area contributed by atoms with Crippen LogP contribution in [0.2, 0.25) is 5.15 Å². The Morgan fingerprint density at radius 2 is 1.95 bits per heavy atom. The average molecular weight is 312 g/mol. The second kappa shape index (κ2) is 5.01. The first-order valence-corrected chi connectivity index (χ1v) is 7.00. The number of aliphatic hydroxyl groups excluding tert-OH is 1. The van der Waals surface area contributed by atoms with Gasteiger partial charge in [0.2, 0.25) is 0 Å². The minimum Gasteiger partial charge on any atom is -0.380 e. The molecule has 0 radical (unpaired) electrons. The van der Waals surface area contributed by atoms with Gasteiger partial charge in [0.05, 0.1) is 28.6 Å². The summed E-state index contributed by atoms with van der Waals surface area (Å²) in [4.78, 5) is 12.9. The largest absolute Gasteiger partial charge is 0.380 e. The molecule has 6 nitrogen and oxygen atoms in total. The van der Waals surface area contributed by atoms with Crippen LogP contribution in [0.4, 0.5) is 0 Å². The van der Waals surface area contributed by atoms with Crippen LogP contribution in [-0.4, -0.2) is 29.7 Å². The SMILES string of the molecule is OC(c1ccc2ncccc2n1)c1cnc2ccc(Cl)nn12. The molecule has 0 saturated carbocycles. The van der Waals surface area contributed by atoms with Crippen molar-refractivity contribution in [2.24, 2.45) is 0 Å². The van der Waals surface area contributed by atoms with Gasteiger partial charge in [-0.05, 0) is 36.4 Å². The molecule has 4 aromatic rings. The van der Waals surface area contributed by atoms with Crippen LogP contribution in [0.1, 0.15) is 17.5 Å². The summed E-state index contributed by atoms with van der Waals surface area (Å²) in [5.74, 6) is 0. The second-order valence-corrected chi connectivity index (χ2v) is 5.18. The monoisotopic (exact) mass is 311 g/mol. The highest BCUT2D eigenvalue weighted by Gasteiger charge is 2.18. The lowest BCUT2D eigenvalue weighted by Crippen LogP contribution is -2.07. The molecular weight excluding hydrogens is 302 g/mol. The molecular formula is C15H10ClN5O. The molecule has 4 aromatic heterocycles. The van der Waals surface area contributed by atoms with Gasteiger partial charge in [0, 0.05) is 6.20 Å². The summed E-state index contributed by atoms with van der Waals surface area (Å²) < 4.78 is 1.52. The first-order chi connectivity index (χ1) is 10.7. The maximum atomic E-state index is 10.6. The first kappa shape index (κ1) is 13.1. The van der Waals surface area contributed by atoms with Gasteiger partial charge in [-0.15, -0.1) is 0 Å². The Labute approximate surface area is 130 Å². The highest BCUT2D eigenvalue weighted by atomic mass is 35.5. The standard InChI is InChI=1S/C15H10ClN5O/c16-13-5-6-14-18-8-12(21(14)20-13)15(22)11-4-3-9-10(19-11)2-1-7-17-9/h1-8,15,22H. The third kappa shape index (κ3) is 2.09. The Balaban J connectivity index is 1.84. The minimum absolute atomic E-state index is 0.328. The van der Waals surface area contributed by atoms with E-state index in [1.807, 2.05) is 12.1 Å². The number of hydrogen-bond donors (Lipinski definition) is 1. The quantitative estimate of drug-likeness (QED) is 0.615. The molecule has 0 aliphatic rings. The van der Waals surface area contributed by atoms with Crippen molar-refractivity contribution < 1.29 is 5.11 Å². The molecule has 1 atom stereocenters. The summed E-state index contributed by atoms with van der Waals surface area (Å²) in [7, 11) is 0. The van der Waals surface area contributed by atoms with Crippen molar-refractivity contribution >= 4 is 28.3 Å². The Hall–Kier alpha value is -2.57. The van der Waals surface area contributed by atoms with Gasteiger partial charge in [-0.1, -0.05) is 11.6 Å². The molecule has 0 aliphatic heterocycles. The van der Waals surface area contributed by atoms with Crippen molar-refractivity contribution in [1.29, 1.82) is 0 Å². The summed E-state index contributed by atoms with van der Waals surface area (Å²) >= 11 is 5.91. The van der Waals surface area contributed by atoms with E-state index >= 15 is 0 Å². The molecule has 1 unspecified atom stereocenters. The number of rotatable bonds is 2. The molecule has 0 saturated heterocycles. The molecule has 7 heteroatoms.